The third-order valence-electron chi connectivity index (χ3n) is 3.56. The summed E-state index contributed by atoms with van der Waals surface area (Å²) >= 11 is 0. The highest BCUT2D eigenvalue weighted by molar-refractivity contribution is 6.00. The van der Waals surface area contributed by atoms with Crippen LogP contribution < -0.4 is 15.5 Å². The Kier molecular flexibility index (Phi) is 4.63. The lowest BCUT2D eigenvalue weighted by atomic mass is 10.1. The van der Waals surface area contributed by atoms with Gasteiger partial charge in [0.1, 0.15) is 0 Å². The van der Waals surface area contributed by atoms with Gasteiger partial charge in [0.15, 0.2) is 0 Å². The lowest BCUT2D eigenvalue weighted by Crippen LogP contribution is -2.22. The number of anilines is 3. The minimum Gasteiger partial charge on any atom is -0.377 e. The average molecular weight is 315 g/mol. The van der Waals surface area contributed by atoms with Crippen molar-refractivity contribution in [2.75, 3.05) is 29.6 Å². The molecular weight excluding hydrogens is 290 g/mol. The average Bonchev–Trinajstić information content (AvgIpc) is 2.89. The highest BCUT2D eigenvalue weighted by atomic mass is 16.2. The lowest BCUT2D eigenvalue weighted by Gasteiger charge is -2.19. The van der Waals surface area contributed by atoms with Gasteiger partial charge in [0.2, 0.25) is 0 Å². The van der Waals surface area contributed by atoms with Crippen molar-refractivity contribution in [1.29, 1.82) is 0 Å². The van der Waals surface area contributed by atoms with Crippen LogP contribution in [0.1, 0.15) is 26.3 Å². The number of hydrogen-bond acceptors (Lipinski definition) is 3. The molecule has 0 atom stereocenters. The zero-order valence-electron chi connectivity index (χ0n) is 14.6. The number of aromatic nitrogens is 2. The third-order valence-corrected chi connectivity index (χ3v) is 3.56. The van der Waals surface area contributed by atoms with Gasteiger partial charge in [-0.15, -0.1) is 0 Å². The van der Waals surface area contributed by atoms with Gasteiger partial charge in [-0.3, -0.25) is 4.68 Å². The van der Waals surface area contributed by atoms with Crippen LogP contribution in [-0.4, -0.2) is 29.9 Å². The quantitative estimate of drug-likeness (QED) is 0.908. The molecule has 0 aliphatic carbocycles. The molecule has 2 rings (SSSR count). The second-order valence-corrected chi connectivity index (χ2v) is 6.77. The standard InChI is InChI=1S/C17H25N5O/c1-12-14(8-7-9-15(12)21(5)6)20-16(23)19-13-10-18-22(11-13)17(2,3)4/h7-11H,1-6H3,(H2,19,20,23). The summed E-state index contributed by atoms with van der Waals surface area (Å²) in [6, 6.07) is 5.56. The van der Waals surface area contributed by atoms with Crippen LogP contribution in [0.15, 0.2) is 30.6 Å². The summed E-state index contributed by atoms with van der Waals surface area (Å²) in [4.78, 5) is 14.2. The molecule has 0 spiro atoms. The molecular formula is C17H25N5O. The molecule has 6 nitrogen and oxygen atoms in total. The number of nitrogens with one attached hydrogen (secondary N) is 2. The normalized spacial score (nSPS) is 11.2. The molecule has 0 aliphatic heterocycles. The van der Waals surface area contributed by atoms with E-state index in [-0.39, 0.29) is 11.6 Å². The van der Waals surface area contributed by atoms with Gasteiger partial charge in [-0.05, 0) is 45.4 Å². The Morgan fingerprint density at radius 2 is 1.91 bits per heavy atom. The maximum absolute atomic E-state index is 12.2. The van der Waals surface area contributed by atoms with Crippen molar-refractivity contribution >= 4 is 23.1 Å². The number of benzene rings is 1. The molecule has 2 aromatic rings. The number of carbonyl (C=O) groups is 1. The number of nitrogens with zero attached hydrogens (tertiary/aromatic N) is 3. The number of rotatable bonds is 3. The molecule has 6 heteroatoms. The smallest absolute Gasteiger partial charge is 0.323 e. The summed E-state index contributed by atoms with van der Waals surface area (Å²) in [6.45, 7) is 8.16. The number of carbonyl (C=O) groups excluding carboxylic acids is 1. The molecule has 1 heterocycles. The molecule has 124 valence electrons. The van der Waals surface area contributed by atoms with Crippen LogP contribution in [0.3, 0.4) is 0 Å². The largest absolute Gasteiger partial charge is 0.377 e. The summed E-state index contributed by atoms with van der Waals surface area (Å²) in [7, 11) is 3.96. The Hall–Kier alpha value is -2.50. The Labute approximate surface area is 137 Å². The van der Waals surface area contributed by atoms with Gasteiger partial charge in [-0.1, -0.05) is 6.07 Å². The fourth-order valence-electron chi connectivity index (χ4n) is 2.28. The van der Waals surface area contributed by atoms with Crippen LogP contribution in [0.25, 0.3) is 0 Å². The van der Waals surface area contributed by atoms with Crippen LogP contribution in [0.5, 0.6) is 0 Å². The molecule has 0 radical (unpaired) electrons. The molecule has 1 aromatic heterocycles. The predicted octanol–water partition coefficient (Wildman–Crippen LogP) is 3.66. The first kappa shape index (κ1) is 16.9. The monoisotopic (exact) mass is 315 g/mol. The van der Waals surface area contributed by atoms with Crippen LogP contribution >= 0.6 is 0 Å². The molecule has 2 amide bonds. The van der Waals surface area contributed by atoms with Gasteiger partial charge in [0, 0.05) is 31.7 Å². The minimum atomic E-state index is -0.280. The summed E-state index contributed by atoms with van der Waals surface area (Å²) < 4.78 is 1.82. The molecule has 1 aromatic carbocycles. The zero-order valence-corrected chi connectivity index (χ0v) is 14.6. The van der Waals surface area contributed by atoms with Crippen molar-refractivity contribution in [2.24, 2.45) is 0 Å². The second kappa shape index (κ2) is 6.32. The van der Waals surface area contributed by atoms with E-state index >= 15 is 0 Å². The van der Waals surface area contributed by atoms with E-state index in [1.54, 1.807) is 6.20 Å². The topological polar surface area (TPSA) is 62.2 Å². The van der Waals surface area contributed by atoms with Crippen molar-refractivity contribution < 1.29 is 4.79 Å². The van der Waals surface area contributed by atoms with Gasteiger partial charge in [0.25, 0.3) is 0 Å². The molecule has 0 fully saturated rings. The molecule has 0 aliphatic rings. The van der Waals surface area contributed by atoms with E-state index in [0.717, 1.165) is 16.9 Å². The van der Waals surface area contributed by atoms with Crippen LogP contribution in [0, 0.1) is 6.92 Å². The van der Waals surface area contributed by atoms with E-state index in [4.69, 9.17) is 0 Å². The first-order valence-corrected chi connectivity index (χ1v) is 7.58. The van der Waals surface area contributed by atoms with Crippen molar-refractivity contribution in [3.05, 3.63) is 36.2 Å². The number of hydrogen-bond donors (Lipinski definition) is 2. The minimum absolute atomic E-state index is 0.118. The Morgan fingerprint density at radius 1 is 1.22 bits per heavy atom. The molecule has 0 bridgehead atoms. The van der Waals surface area contributed by atoms with Gasteiger partial charge in [-0.25, -0.2) is 4.79 Å². The van der Waals surface area contributed by atoms with Crippen LogP contribution in [0.2, 0.25) is 0 Å². The van der Waals surface area contributed by atoms with E-state index in [1.165, 1.54) is 0 Å². The fourth-order valence-corrected chi connectivity index (χ4v) is 2.28. The van der Waals surface area contributed by atoms with Gasteiger partial charge in [-0.2, -0.15) is 5.10 Å². The first-order chi connectivity index (χ1) is 10.7. The molecule has 0 saturated carbocycles. The predicted molar refractivity (Wildman–Crippen MR) is 95.4 cm³/mol. The summed E-state index contributed by atoms with van der Waals surface area (Å²) in [5, 5.41) is 9.97. The van der Waals surface area contributed by atoms with Gasteiger partial charge < -0.3 is 15.5 Å². The molecule has 23 heavy (non-hydrogen) atoms. The van der Waals surface area contributed by atoms with E-state index in [2.05, 4.69) is 36.5 Å². The maximum Gasteiger partial charge on any atom is 0.323 e. The van der Waals surface area contributed by atoms with Crippen molar-refractivity contribution in [3.8, 4) is 0 Å². The summed E-state index contributed by atoms with van der Waals surface area (Å²) in [5.74, 6) is 0. The lowest BCUT2D eigenvalue weighted by molar-refractivity contribution is 0.262. The second-order valence-electron chi connectivity index (χ2n) is 6.77. The summed E-state index contributed by atoms with van der Waals surface area (Å²) in [6.07, 6.45) is 3.47. The van der Waals surface area contributed by atoms with Crippen molar-refractivity contribution in [3.63, 3.8) is 0 Å². The van der Waals surface area contributed by atoms with Gasteiger partial charge in [0.05, 0.1) is 17.4 Å². The summed E-state index contributed by atoms with van der Waals surface area (Å²) in [5.41, 5.74) is 3.43. The van der Waals surface area contributed by atoms with E-state index in [1.807, 2.05) is 55.0 Å². The SMILES string of the molecule is Cc1c(NC(=O)Nc2cnn(C(C)(C)C)c2)cccc1N(C)C. The molecule has 0 unspecified atom stereocenters. The third kappa shape index (κ3) is 4.03. The Morgan fingerprint density at radius 3 is 2.48 bits per heavy atom. The maximum atomic E-state index is 12.2. The van der Waals surface area contributed by atoms with Crippen LogP contribution in [-0.2, 0) is 5.54 Å². The zero-order chi connectivity index (χ0) is 17.2. The van der Waals surface area contributed by atoms with E-state index in [0.29, 0.717) is 5.69 Å². The van der Waals surface area contributed by atoms with Gasteiger partial charge >= 0.3 is 6.03 Å². The molecule has 2 N–H and O–H groups in total. The van der Waals surface area contributed by atoms with E-state index < -0.39 is 0 Å². The fraction of sp³-hybridized carbons (Fsp3) is 0.412. The Balaban J connectivity index is 2.09. The molecule has 0 saturated heterocycles. The first-order valence-electron chi connectivity index (χ1n) is 7.58. The van der Waals surface area contributed by atoms with E-state index in [9.17, 15) is 4.79 Å². The Bertz CT molecular complexity index is 697. The van der Waals surface area contributed by atoms with Crippen molar-refractivity contribution in [2.45, 2.75) is 33.2 Å². The highest BCUT2D eigenvalue weighted by Crippen LogP contribution is 2.25. The number of amides is 2. The van der Waals surface area contributed by atoms with Crippen LogP contribution in [0.4, 0.5) is 21.9 Å². The highest BCUT2D eigenvalue weighted by Gasteiger charge is 2.15. The number of urea groups is 1. The van der Waals surface area contributed by atoms with Crippen molar-refractivity contribution in [1.82, 2.24) is 9.78 Å².